The van der Waals surface area contributed by atoms with Crippen LogP contribution in [0.25, 0.3) is 0 Å². The molecule has 0 amide bonds. The summed E-state index contributed by atoms with van der Waals surface area (Å²) in [7, 11) is 1.80. The fraction of sp³-hybridized carbons (Fsp3) is 0.167. The molecule has 0 aliphatic carbocycles. The van der Waals surface area contributed by atoms with Gasteiger partial charge in [-0.15, -0.1) is 0 Å². The lowest BCUT2D eigenvalue weighted by molar-refractivity contribution is 0.0986. The molecular formula is C12H10BrFN2O. The zero-order valence-electron chi connectivity index (χ0n) is 9.15. The van der Waals surface area contributed by atoms with Crippen molar-refractivity contribution in [2.24, 2.45) is 7.05 Å². The summed E-state index contributed by atoms with van der Waals surface area (Å²) in [5.74, 6) is -0.166. The number of carbonyl (C=O) groups excluding carboxylic acids is 1. The molecule has 0 spiro atoms. The van der Waals surface area contributed by atoms with Gasteiger partial charge in [0.25, 0.3) is 0 Å². The maximum atomic E-state index is 13.6. The van der Waals surface area contributed by atoms with E-state index in [9.17, 15) is 9.18 Å². The van der Waals surface area contributed by atoms with Crippen molar-refractivity contribution in [1.82, 2.24) is 9.55 Å². The van der Waals surface area contributed by atoms with E-state index in [2.05, 4.69) is 20.9 Å². The van der Waals surface area contributed by atoms with Gasteiger partial charge in [0.15, 0.2) is 5.78 Å². The first kappa shape index (κ1) is 12.0. The van der Waals surface area contributed by atoms with E-state index in [0.29, 0.717) is 10.3 Å². The minimum atomic E-state index is -0.515. The number of ketones is 1. The Labute approximate surface area is 106 Å². The minimum Gasteiger partial charge on any atom is -0.338 e. The normalized spacial score (nSPS) is 10.5. The molecule has 17 heavy (non-hydrogen) atoms. The van der Waals surface area contributed by atoms with Crippen molar-refractivity contribution in [1.29, 1.82) is 0 Å². The van der Waals surface area contributed by atoms with E-state index in [1.807, 2.05) is 0 Å². The van der Waals surface area contributed by atoms with Crippen LogP contribution in [0.15, 0.2) is 35.1 Å². The largest absolute Gasteiger partial charge is 0.338 e. The molecule has 1 heterocycles. The fourth-order valence-corrected chi connectivity index (χ4v) is 1.85. The predicted octanol–water partition coefficient (Wildman–Crippen LogP) is 2.75. The zero-order valence-corrected chi connectivity index (χ0v) is 10.7. The third-order valence-corrected chi connectivity index (χ3v) is 2.96. The van der Waals surface area contributed by atoms with Gasteiger partial charge in [-0.05, 0) is 18.2 Å². The van der Waals surface area contributed by atoms with Crippen molar-refractivity contribution < 1.29 is 9.18 Å². The molecule has 0 N–H and O–H groups in total. The molecule has 0 unspecified atom stereocenters. The first-order valence-corrected chi connectivity index (χ1v) is 5.81. The highest BCUT2D eigenvalue weighted by atomic mass is 79.9. The van der Waals surface area contributed by atoms with Crippen molar-refractivity contribution in [2.45, 2.75) is 6.42 Å². The van der Waals surface area contributed by atoms with Gasteiger partial charge in [0.1, 0.15) is 11.6 Å². The molecule has 0 bridgehead atoms. The lowest BCUT2D eigenvalue weighted by Crippen LogP contribution is -2.09. The van der Waals surface area contributed by atoms with Gasteiger partial charge in [0.2, 0.25) is 0 Å². The molecule has 88 valence electrons. The van der Waals surface area contributed by atoms with E-state index in [4.69, 9.17) is 0 Å². The number of halogens is 2. The minimum absolute atomic E-state index is 0.0937. The molecule has 0 atom stereocenters. The Kier molecular flexibility index (Phi) is 3.38. The van der Waals surface area contributed by atoms with E-state index in [1.165, 1.54) is 12.1 Å². The number of carbonyl (C=O) groups is 1. The van der Waals surface area contributed by atoms with Crippen LogP contribution in [0.1, 0.15) is 16.2 Å². The molecule has 0 aliphatic heterocycles. The molecule has 0 saturated carbocycles. The van der Waals surface area contributed by atoms with Crippen LogP contribution in [-0.2, 0) is 13.5 Å². The summed E-state index contributed by atoms with van der Waals surface area (Å²) in [4.78, 5) is 15.9. The second kappa shape index (κ2) is 4.79. The molecule has 1 aromatic heterocycles. The second-order valence-corrected chi connectivity index (χ2v) is 4.59. The topological polar surface area (TPSA) is 34.9 Å². The van der Waals surface area contributed by atoms with E-state index >= 15 is 0 Å². The fourth-order valence-electron chi connectivity index (χ4n) is 1.52. The lowest BCUT2D eigenvalue weighted by atomic mass is 10.1. The van der Waals surface area contributed by atoms with Gasteiger partial charge in [-0.3, -0.25) is 4.79 Å². The third kappa shape index (κ3) is 2.61. The number of rotatable bonds is 3. The highest BCUT2D eigenvalue weighted by Gasteiger charge is 2.14. The number of hydrogen-bond donors (Lipinski definition) is 0. The van der Waals surface area contributed by atoms with Crippen molar-refractivity contribution in [3.8, 4) is 0 Å². The molecular weight excluding hydrogens is 287 g/mol. The molecule has 0 aliphatic rings. The second-order valence-electron chi connectivity index (χ2n) is 3.68. The number of benzene rings is 1. The van der Waals surface area contributed by atoms with E-state index in [0.717, 1.165) is 0 Å². The number of nitrogens with zero attached hydrogens (tertiary/aromatic N) is 2. The van der Waals surface area contributed by atoms with Gasteiger partial charge >= 0.3 is 0 Å². The number of aryl methyl sites for hydroxylation is 1. The van der Waals surface area contributed by atoms with Crippen LogP contribution in [0.4, 0.5) is 4.39 Å². The number of imidazole rings is 1. The van der Waals surface area contributed by atoms with Gasteiger partial charge in [0, 0.05) is 23.9 Å². The summed E-state index contributed by atoms with van der Waals surface area (Å²) in [6, 6.07) is 4.41. The third-order valence-electron chi connectivity index (χ3n) is 2.47. The average Bonchev–Trinajstić information content (AvgIpc) is 2.64. The summed E-state index contributed by atoms with van der Waals surface area (Å²) < 4.78 is 15.9. The first-order valence-electron chi connectivity index (χ1n) is 5.02. The van der Waals surface area contributed by atoms with Crippen molar-refractivity contribution in [3.63, 3.8) is 0 Å². The number of Topliss-reactive ketones (excluding diaryl/α,β-unsaturated/α-hetero) is 1. The van der Waals surface area contributed by atoms with Gasteiger partial charge in [-0.25, -0.2) is 9.37 Å². The Hall–Kier alpha value is -1.49. The molecule has 2 rings (SSSR count). The first-order chi connectivity index (χ1) is 8.08. The lowest BCUT2D eigenvalue weighted by Gasteiger charge is -2.03. The van der Waals surface area contributed by atoms with Gasteiger partial charge < -0.3 is 4.57 Å². The Morgan fingerprint density at radius 3 is 2.88 bits per heavy atom. The van der Waals surface area contributed by atoms with Crippen LogP contribution in [0.2, 0.25) is 0 Å². The average molecular weight is 297 g/mol. The molecule has 5 heteroatoms. The van der Waals surface area contributed by atoms with Crippen LogP contribution in [0.5, 0.6) is 0 Å². The smallest absolute Gasteiger partial charge is 0.173 e. The Bertz CT molecular complexity index is 565. The zero-order chi connectivity index (χ0) is 12.4. The van der Waals surface area contributed by atoms with Crippen LogP contribution >= 0.6 is 15.9 Å². The van der Waals surface area contributed by atoms with Crippen molar-refractivity contribution >= 4 is 21.7 Å². The van der Waals surface area contributed by atoms with Gasteiger partial charge in [-0.2, -0.15) is 0 Å². The summed E-state index contributed by atoms with van der Waals surface area (Å²) >= 11 is 3.15. The van der Waals surface area contributed by atoms with E-state index in [1.54, 1.807) is 30.1 Å². The molecule has 2 aromatic rings. The van der Waals surface area contributed by atoms with Crippen LogP contribution in [0, 0.1) is 5.82 Å². The Morgan fingerprint density at radius 1 is 1.53 bits per heavy atom. The standard InChI is InChI=1S/C12H10BrFN2O/c1-16-5-4-15-12(16)7-11(17)9-3-2-8(13)6-10(9)14/h2-6H,7H2,1H3. The SMILES string of the molecule is Cn1ccnc1CC(=O)c1ccc(Br)cc1F. The number of hydrogen-bond acceptors (Lipinski definition) is 2. The van der Waals surface area contributed by atoms with Crippen LogP contribution < -0.4 is 0 Å². The summed E-state index contributed by atoms with van der Waals surface area (Å²) in [5, 5.41) is 0. The quantitative estimate of drug-likeness (QED) is 0.817. The van der Waals surface area contributed by atoms with E-state index in [-0.39, 0.29) is 17.8 Å². The van der Waals surface area contributed by atoms with Crippen LogP contribution in [-0.4, -0.2) is 15.3 Å². The Morgan fingerprint density at radius 2 is 2.29 bits per heavy atom. The molecule has 0 fully saturated rings. The highest BCUT2D eigenvalue weighted by Crippen LogP contribution is 2.16. The number of aromatic nitrogens is 2. The highest BCUT2D eigenvalue weighted by molar-refractivity contribution is 9.10. The predicted molar refractivity (Wildman–Crippen MR) is 65.3 cm³/mol. The van der Waals surface area contributed by atoms with Crippen LogP contribution in [0.3, 0.4) is 0 Å². The Balaban J connectivity index is 2.23. The molecule has 0 saturated heterocycles. The molecule has 1 aromatic carbocycles. The maximum absolute atomic E-state index is 13.6. The van der Waals surface area contributed by atoms with Gasteiger partial charge in [0.05, 0.1) is 12.0 Å². The van der Waals surface area contributed by atoms with Gasteiger partial charge in [-0.1, -0.05) is 15.9 Å². The monoisotopic (exact) mass is 296 g/mol. The van der Waals surface area contributed by atoms with E-state index < -0.39 is 5.82 Å². The summed E-state index contributed by atoms with van der Waals surface area (Å²) in [6.07, 6.45) is 3.46. The van der Waals surface area contributed by atoms with Crippen molar-refractivity contribution in [3.05, 3.63) is 52.3 Å². The summed E-state index contributed by atoms with van der Waals surface area (Å²) in [6.45, 7) is 0. The maximum Gasteiger partial charge on any atom is 0.173 e. The molecule has 3 nitrogen and oxygen atoms in total. The summed E-state index contributed by atoms with van der Waals surface area (Å²) in [5.41, 5.74) is 0.0937. The van der Waals surface area contributed by atoms with Crippen molar-refractivity contribution in [2.75, 3.05) is 0 Å². The molecule has 0 radical (unpaired) electrons.